The summed E-state index contributed by atoms with van der Waals surface area (Å²) >= 11 is 3.00. The highest BCUT2D eigenvalue weighted by Gasteiger charge is 2.11. The monoisotopic (exact) mass is 401 g/mol. The highest BCUT2D eigenvalue weighted by molar-refractivity contribution is 7.13. The third-order valence-corrected chi connectivity index (χ3v) is 5.84. The van der Waals surface area contributed by atoms with Gasteiger partial charge in [0.25, 0.3) is 0 Å². The molecule has 0 bridgehead atoms. The SMILES string of the molecule is COc1cccc(-c2nc(/C=C(\C#N)c3nc(-c4ccccc4)cs3)cs2)c1. The Kier molecular flexibility index (Phi) is 5.29. The fourth-order valence-corrected chi connectivity index (χ4v) is 4.24. The molecule has 4 nitrogen and oxygen atoms in total. The minimum atomic E-state index is 0.509. The maximum absolute atomic E-state index is 9.62. The molecule has 0 fully saturated rings. The Morgan fingerprint density at radius 3 is 2.61 bits per heavy atom. The van der Waals surface area contributed by atoms with Crippen LogP contribution < -0.4 is 4.74 Å². The number of rotatable bonds is 5. The van der Waals surface area contributed by atoms with Crippen LogP contribution in [-0.4, -0.2) is 17.1 Å². The summed E-state index contributed by atoms with van der Waals surface area (Å²) in [4.78, 5) is 9.27. The standard InChI is InChI=1S/C22H15N3OS2/c1-26-19-9-5-8-16(11-19)21-24-18(13-27-21)10-17(12-23)22-25-20(14-28-22)15-6-3-2-4-7-15/h2-11,13-14H,1H3/b17-10+. The number of nitriles is 1. The predicted molar refractivity (Wildman–Crippen MR) is 115 cm³/mol. The van der Waals surface area contributed by atoms with E-state index in [-0.39, 0.29) is 0 Å². The number of thiazole rings is 2. The van der Waals surface area contributed by atoms with Crippen molar-refractivity contribution >= 4 is 34.3 Å². The van der Waals surface area contributed by atoms with Gasteiger partial charge in [-0.25, -0.2) is 9.97 Å². The van der Waals surface area contributed by atoms with Crippen molar-refractivity contribution in [2.24, 2.45) is 0 Å². The number of nitrogens with zero attached hydrogens (tertiary/aromatic N) is 3. The van der Waals surface area contributed by atoms with Gasteiger partial charge in [0.1, 0.15) is 21.8 Å². The number of allylic oxidation sites excluding steroid dienone is 1. The Labute approximate surface area is 171 Å². The van der Waals surface area contributed by atoms with Crippen molar-refractivity contribution in [3.05, 3.63) is 76.1 Å². The van der Waals surface area contributed by atoms with Gasteiger partial charge in [0.15, 0.2) is 0 Å². The van der Waals surface area contributed by atoms with E-state index in [1.165, 1.54) is 22.7 Å². The minimum absolute atomic E-state index is 0.509. The molecule has 0 radical (unpaired) electrons. The number of hydrogen-bond acceptors (Lipinski definition) is 6. The van der Waals surface area contributed by atoms with Crippen LogP contribution in [0.25, 0.3) is 33.5 Å². The third-order valence-electron chi connectivity index (χ3n) is 4.06. The van der Waals surface area contributed by atoms with E-state index in [4.69, 9.17) is 4.74 Å². The van der Waals surface area contributed by atoms with Crippen LogP contribution in [0.1, 0.15) is 10.7 Å². The van der Waals surface area contributed by atoms with Gasteiger partial charge in [-0.3, -0.25) is 0 Å². The molecular weight excluding hydrogens is 386 g/mol. The van der Waals surface area contributed by atoms with E-state index in [0.717, 1.165) is 33.3 Å². The summed E-state index contributed by atoms with van der Waals surface area (Å²) in [5.41, 5.74) is 4.15. The molecule has 0 aliphatic rings. The number of benzene rings is 2. The molecule has 4 aromatic rings. The van der Waals surface area contributed by atoms with Crippen molar-refractivity contribution < 1.29 is 4.74 Å². The lowest BCUT2D eigenvalue weighted by Gasteiger charge is -2.01. The quantitative estimate of drug-likeness (QED) is 0.384. The van der Waals surface area contributed by atoms with E-state index in [1.807, 2.05) is 65.4 Å². The van der Waals surface area contributed by atoms with Crippen molar-refractivity contribution in [2.45, 2.75) is 0 Å². The second kappa shape index (κ2) is 8.17. The van der Waals surface area contributed by atoms with Crippen LogP contribution in [0, 0.1) is 11.3 Å². The lowest BCUT2D eigenvalue weighted by molar-refractivity contribution is 0.415. The molecule has 0 amide bonds. The topological polar surface area (TPSA) is 58.8 Å². The zero-order valence-electron chi connectivity index (χ0n) is 15.0. The number of ether oxygens (including phenoxy) is 1. The largest absolute Gasteiger partial charge is 0.497 e. The molecule has 0 saturated carbocycles. The summed E-state index contributed by atoms with van der Waals surface area (Å²) < 4.78 is 5.28. The molecular formula is C22H15N3OS2. The zero-order valence-corrected chi connectivity index (χ0v) is 16.6. The van der Waals surface area contributed by atoms with Crippen molar-refractivity contribution in [3.63, 3.8) is 0 Å². The van der Waals surface area contributed by atoms with Crippen LogP contribution in [0.15, 0.2) is 65.4 Å². The Hall–Kier alpha value is -3.27. The van der Waals surface area contributed by atoms with Crippen LogP contribution in [-0.2, 0) is 0 Å². The second-order valence-corrected chi connectivity index (χ2v) is 7.60. The van der Waals surface area contributed by atoms with Gasteiger partial charge >= 0.3 is 0 Å². The van der Waals surface area contributed by atoms with E-state index >= 15 is 0 Å². The molecule has 6 heteroatoms. The van der Waals surface area contributed by atoms with E-state index in [2.05, 4.69) is 16.0 Å². The predicted octanol–water partition coefficient (Wildman–Crippen LogP) is 6.01. The number of methoxy groups -OCH3 is 1. The fraction of sp³-hybridized carbons (Fsp3) is 0.0455. The summed E-state index contributed by atoms with van der Waals surface area (Å²) in [6, 6.07) is 20.0. The van der Waals surface area contributed by atoms with Gasteiger partial charge in [0, 0.05) is 21.9 Å². The average Bonchev–Trinajstić information content (AvgIpc) is 3.43. The number of aromatic nitrogens is 2. The van der Waals surface area contributed by atoms with Crippen LogP contribution >= 0.6 is 22.7 Å². The molecule has 0 unspecified atom stereocenters. The smallest absolute Gasteiger partial charge is 0.134 e. The molecule has 2 aromatic carbocycles. The Balaban J connectivity index is 1.62. The molecule has 0 aliphatic carbocycles. The summed E-state index contributed by atoms with van der Waals surface area (Å²) in [5.74, 6) is 0.790. The minimum Gasteiger partial charge on any atom is -0.497 e. The first kappa shape index (κ1) is 18.1. The fourth-order valence-electron chi connectivity index (χ4n) is 2.67. The van der Waals surface area contributed by atoms with Crippen molar-refractivity contribution in [2.75, 3.05) is 7.11 Å². The molecule has 28 heavy (non-hydrogen) atoms. The van der Waals surface area contributed by atoms with Gasteiger partial charge in [-0.2, -0.15) is 5.26 Å². The molecule has 0 aliphatic heterocycles. The summed E-state index contributed by atoms with van der Waals surface area (Å²) in [7, 11) is 1.64. The summed E-state index contributed by atoms with van der Waals surface area (Å²) in [6.45, 7) is 0. The Morgan fingerprint density at radius 2 is 1.82 bits per heavy atom. The highest BCUT2D eigenvalue weighted by Crippen LogP contribution is 2.30. The molecule has 0 spiro atoms. The lowest BCUT2D eigenvalue weighted by atomic mass is 10.2. The zero-order chi connectivity index (χ0) is 19.3. The van der Waals surface area contributed by atoms with Crippen molar-refractivity contribution in [1.82, 2.24) is 9.97 Å². The van der Waals surface area contributed by atoms with Gasteiger partial charge in [0.05, 0.1) is 24.1 Å². The van der Waals surface area contributed by atoms with E-state index < -0.39 is 0 Å². The van der Waals surface area contributed by atoms with Crippen molar-refractivity contribution in [3.8, 4) is 33.6 Å². The lowest BCUT2D eigenvalue weighted by Crippen LogP contribution is -1.84. The van der Waals surface area contributed by atoms with Gasteiger partial charge in [-0.05, 0) is 18.2 Å². The maximum atomic E-state index is 9.62. The normalized spacial score (nSPS) is 11.2. The third kappa shape index (κ3) is 3.86. The van der Waals surface area contributed by atoms with Crippen molar-refractivity contribution in [1.29, 1.82) is 5.26 Å². The van der Waals surface area contributed by atoms with Gasteiger partial charge < -0.3 is 4.74 Å². The summed E-state index contributed by atoms with van der Waals surface area (Å²) in [5, 5.41) is 15.1. The summed E-state index contributed by atoms with van der Waals surface area (Å²) in [6.07, 6.45) is 1.79. The molecule has 2 heterocycles. The first-order valence-electron chi connectivity index (χ1n) is 8.50. The maximum Gasteiger partial charge on any atom is 0.134 e. The highest BCUT2D eigenvalue weighted by atomic mass is 32.1. The molecule has 0 N–H and O–H groups in total. The van der Waals surface area contributed by atoms with Crippen LogP contribution in [0.4, 0.5) is 0 Å². The second-order valence-electron chi connectivity index (χ2n) is 5.88. The molecule has 136 valence electrons. The molecule has 0 saturated heterocycles. The Bertz CT molecular complexity index is 1170. The van der Waals surface area contributed by atoms with Crippen LogP contribution in [0.2, 0.25) is 0 Å². The first-order valence-corrected chi connectivity index (χ1v) is 10.3. The molecule has 2 aromatic heterocycles. The van der Waals surface area contributed by atoms with E-state index in [1.54, 1.807) is 13.2 Å². The average molecular weight is 402 g/mol. The first-order chi connectivity index (χ1) is 13.8. The van der Waals surface area contributed by atoms with Gasteiger partial charge in [-0.15, -0.1) is 22.7 Å². The van der Waals surface area contributed by atoms with E-state index in [9.17, 15) is 5.26 Å². The molecule has 4 rings (SSSR count). The number of hydrogen-bond donors (Lipinski definition) is 0. The van der Waals surface area contributed by atoms with Crippen LogP contribution in [0.3, 0.4) is 0 Å². The molecule has 0 atom stereocenters. The van der Waals surface area contributed by atoms with Crippen LogP contribution in [0.5, 0.6) is 5.75 Å². The van der Waals surface area contributed by atoms with Gasteiger partial charge in [0.2, 0.25) is 0 Å². The van der Waals surface area contributed by atoms with Gasteiger partial charge in [-0.1, -0.05) is 42.5 Å². The van der Waals surface area contributed by atoms with E-state index in [0.29, 0.717) is 10.6 Å². The Morgan fingerprint density at radius 1 is 1.00 bits per heavy atom.